The summed E-state index contributed by atoms with van der Waals surface area (Å²) in [6.07, 6.45) is 3.99. The van der Waals surface area contributed by atoms with Crippen molar-refractivity contribution in [2.45, 2.75) is 52.6 Å². The van der Waals surface area contributed by atoms with Gasteiger partial charge in [0.15, 0.2) is 10.7 Å². The lowest BCUT2D eigenvalue weighted by Crippen LogP contribution is -2.35. The van der Waals surface area contributed by atoms with E-state index in [1.807, 2.05) is 39.0 Å². The average Bonchev–Trinajstić information content (AvgIpc) is 3.51. The topological polar surface area (TPSA) is 63.9 Å². The minimum atomic E-state index is -0.491. The van der Waals surface area contributed by atoms with Crippen molar-refractivity contribution in [2.24, 2.45) is 5.92 Å². The third-order valence-corrected chi connectivity index (χ3v) is 7.50. The van der Waals surface area contributed by atoms with E-state index in [2.05, 4.69) is 41.8 Å². The third kappa shape index (κ3) is 5.10. The first-order valence-corrected chi connectivity index (χ1v) is 13.0. The molecule has 0 unspecified atom stereocenters. The Hall–Kier alpha value is -3.19. The lowest BCUT2D eigenvalue weighted by molar-refractivity contribution is 0.0288. The molecule has 5 rings (SSSR count). The predicted octanol–water partition coefficient (Wildman–Crippen LogP) is 6.74. The molecule has 2 aromatic heterocycles. The number of thiazole rings is 1. The Kier molecular flexibility index (Phi) is 6.13. The number of carbonyl (C=O) groups is 2. The number of benzene rings is 2. The van der Waals surface area contributed by atoms with Gasteiger partial charge in [0.25, 0.3) is 0 Å². The number of nitrogens with zero attached hydrogens (tertiary/aromatic N) is 3. The number of hydrogen-bond acceptors (Lipinski definition) is 5. The van der Waals surface area contributed by atoms with E-state index in [0.29, 0.717) is 25.4 Å². The number of ether oxygens (including phenoxy) is 1. The summed E-state index contributed by atoms with van der Waals surface area (Å²) < 4.78 is 8.64. The SMILES string of the molecule is Cc1ccc(-c2cn3c(n2)sc2cc(C(=O)CC[C@H]4CCN(C(=O)OC(C)(C)C)C4)ccc23)cc1. The average molecular weight is 490 g/mol. The Morgan fingerprint density at radius 2 is 1.91 bits per heavy atom. The molecule has 2 aromatic carbocycles. The summed E-state index contributed by atoms with van der Waals surface area (Å²) in [7, 11) is 0. The molecule has 1 saturated heterocycles. The highest BCUT2D eigenvalue weighted by atomic mass is 32.1. The number of Topliss-reactive ketones (excluding diaryl/α,β-unsaturated/α-hetero) is 1. The summed E-state index contributed by atoms with van der Waals surface area (Å²) >= 11 is 1.60. The molecular formula is C28H31N3O3S. The molecule has 1 aliphatic heterocycles. The molecule has 1 atom stereocenters. The minimum absolute atomic E-state index is 0.147. The number of ketones is 1. The van der Waals surface area contributed by atoms with Crippen LogP contribution < -0.4 is 0 Å². The van der Waals surface area contributed by atoms with Crippen LogP contribution >= 0.6 is 11.3 Å². The van der Waals surface area contributed by atoms with Crippen molar-refractivity contribution in [3.05, 3.63) is 59.8 Å². The Balaban J connectivity index is 1.23. The second-order valence-electron chi connectivity index (χ2n) is 10.5. The van der Waals surface area contributed by atoms with Gasteiger partial charge in [-0.2, -0.15) is 0 Å². The van der Waals surface area contributed by atoms with Crippen LogP contribution in [0.25, 0.3) is 26.4 Å². The lowest BCUT2D eigenvalue weighted by atomic mass is 9.98. The lowest BCUT2D eigenvalue weighted by Gasteiger charge is -2.24. The third-order valence-electron chi connectivity index (χ3n) is 6.48. The van der Waals surface area contributed by atoms with Crippen molar-refractivity contribution in [3.8, 4) is 11.3 Å². The summed E-state index contributed by atoms with van der Waals surface area (Å²) in [5, 5.41) is 0. The quantitative estimate of drug-likeness (QED) is 0.291. The molecule has 0 radical (unpaired) electrons. The fourth-order valence-electron chi connectivity index (χ4n) is 4.58. The summed E-state index contributed by atoms with van der Waals surface area (Å²) in [4.78, 5) is 32.7. The molecule has 0 aliphatic carbocycles. The molecule has 3 heterocycles. The highest BCUT2D eigenvalue weighted by Crippen LogP contribution is 2.31. The van der Waals surface area contributed by atoms with Gasteiger partial charge in [-0.1, -0.05) is 41.2 Å². The van der Waals surface area contributed by atoms with Crippen LogP contribution in [0.15, 0.2) is 48.7 Å². The minimum Gasteiger partial charge on any atom is -0.444 e. The summed E-state index contributed by atoms with van der Waals surface area (Å²) in [5.41, 5.74) is 4.60. The van der Waals surface area contributed by atoms with Crippen LogP contribution in [-0.2, 0) is 4.74 Å². The Morgan fingerprint density at radius 3 is 2.66 bits per heavy atom. The highest BCUT2D eigenvalue weighted by Gasteiger charge is 2.30. The predicted molar refractivity (Wildman–Crippen MR) is 140 cm³/mol. The van der Waals surface area contributed by atoms with Crippen molar-refractivity contribution in [3.63, 3.8) is 0 Å². The number of amides is 1. The van der Waals surface area contributed by atoms with E-state index in [1.54, 1.807) is 16.2 Å². The van der Waals surface area contributed by atoms with E-state index in [0.717, 1.165) is 44.8 Å². The van der Waals surface area contributed by atoms with Gasteiger partial charge < -0.3 is 9.64 Å². The summed E-state index contributed by atoms with van der Waals surface area (Å²) in [5.74, 6) is 0.481. The number of imidazole rings is 1. The van der Waals surface area contributed by atoms with Gasteiger partial charge in [0, 0.05) is 36.8 Å². The van der Waals surface area contributed by atoms with Crippen LogP contribution in [0.4, 0.5) is 4.79 Å². The van der Waals surface area contributed by atoms with Crippen LogP contribution in [-0.4, -0.2) is 44.9 Å². The van der Waals surface area contributed by atoms with Crippen molar-refractivity contribution >= 4 is 38.4 Å². The van der Waals surface area contributed by atoms with Crippen LogP contribution in [0.3, 0.4) is 0 Å². The second kappa shape index (κ2) is 9.11. The molecule has 1 fully saturated rings. The fourth-order valence-corrected chi connectivity index (χ4v) is 5.63. The number of aromatic nitrogens is 2. The van der Waals surface area contributed by atoms with E-state index < -0.39 is 5.60 Å². The zero-order valence-electron chi connectivity index (χ0n) is 20.7. The van der Waals surface area contributed by atoms with Crippen LogP contribution in [0.2, 0.25) is 0 Å². The number of fused-ring (bicyclic) bond motifs is 3. The number of carbonyl (C=O) groups excluding carboxylic acids is 2. The van der Waals surface area contributed by atoms with E-state index in [4.69, 9.17) is 9.72 Å². The molecule has 0 bridgehead atoms. The number of aryl methyl sites for hydroxylation is 1. The summed E-state index contributed by atoms with van der Waals surface area (Å²) in [6, 6.07) is 14.3. The van der Waals surface area contributed by atoms with E-state index in [1.165, 1.54) is 5.56 Å². The number of likely N-dealkylation sites (tertiary alicyclic amines) is 1. The van der Waals surface area contributed by atoms with Crippen molar-refractivity contribution in [1.82, 2.24) is 14.3 Å². The molecule has 4 aromatic rings. The van der Waals surface area contributed by atoms with Crippen LogP contribution in [0, 0.1) is 12.8 Å². The molecule has 182 valence electrons. The zero-order valence-corrected chi connectivity index (χ0v) is 21.5. The van der Waals surface area contributed by atoms with Gasteiger partial charge in [0.05, 0.1) is 15.9 Å². The molecular weight excluding hydrogens is 458 g/mol. The van der Waals surface area contributed by atoms with Crippen molar-refractivity contribution in [1.29, 1.82) is 0 Å². The standard InChI is InChI=1S/C28H31N3O3S/c1-18-5-8-20(9-6-18)22-17-31-23-11-10-21(15-25(23)35-26(31)29-22)24(32)12-7-19-13-14-30(16-19)27(33)34-28(2,3)4/h5-6,8-11,15,17,19H,7,12-14,16H2,1-4H3/t19-/m0/s1. The maximum absolute atomic E-state index is 12.9. The molecule has 0 saturated carbocycles. The molecule has 35 heavy (non-hydrogen) atoms. The maximum atomic E-state index is 12.9. The van der Waals surface area contributed by atoms with Crippen molar-refractivity contribution in [2.75, 3.05) is 13.1 Å². The van der Waals surface area contributed by atoms with Gasteiger partial charge in [-0.05, 0) is 64.7 Å². The first kappa shape index (κ1) is 23.5. The zero-order chi connectivity index (χ0) is 24.7. The molecule has 1 amide bonds. The van der Waals surface area contributed by atoms with Gasteiger partial charge in [0.1, 0.15) is 5.60 Å². The van der Waals surface area contributed by atoms with Gasteiger partial charge in [-0.15, -0.1) is 0 Å². The molecule has 7 heteroatoms. The molecule has 1 aliphatic rings. The highest BCUT2D eigenvalue weighted by molar-refractivity contribution is 7.23. The van der Waals surface area contributed by atoms with Crippen LogP contribution in [0.1, 0.15) is 56.0 Å². The first-order chi connectivity index (χ1) is 16.7. The van der Waals surface area contributed by atoms with Gasteiger partial charge in [-0.25, -0.2) is 9.78 Å². The van der Waals surface area contributed by atoms with Crippen molar-refractivity contribution < 1.29 is 14.3 Å². The Bertz CT molecular complexity index is 1390. The van der Waals surface area contributed by atoms with Gasteiger partial charge in [0.2, 0.25) is 0 Å². The van der Waals surface area contributed by atoms with Gasteiger partial charge >= 0.3 is 6.09 Å². The fraction of sp³-hybridized carbons (Fsp3) is 0.393. The monoisotopic (exact) mass is 489 g/mol. The molecule has 0 spiro atoms. The Morgan fingerprint density at radius 1 is 1.14 bits per heavy atom. The number of rotatable bonds is 5. The first-order valence-electron chi connectivity index (χ1n) is 12.2. The van der Waals surface area contributed by atoms with E-state index in [-0.39, 0.29) is 11.9 Å². The summed E-state index contributed by atoms with van der Waals surface area (Å²) in [6.45, 7) is 9.06. The number of hydrogen-bond donors (Lipinski definition) is 0. The van der Waals surface area contributed by atoms with Crippen LogP contribution in [0.5, 0.6) is 0 Å². The van der Waals surface area contributed by atoms with E-state index >= 15 is 0 Å². The maximum Gasteiger partial charge on any atom is 0.410 e. The molecule has 0 N–H and O–H groups in total. The second-order valence-corrected chi connectivity index (χ2v) is 11.5. The smallest absolute Gasteiger partial charge is 0.410 e. The normalized spacial score (nSPS) is 16.3. The van der Waals surface area contributed by atoms with Gasteiger partial charge in [-0.3, -0.25) is 9.20 Å². The molecule has 6 nitrogen and oxygen atoms in total. The van der Waals surface area contributed by atoms with E-state index in [9.17, 15) is 9.59 Å². The largest absolute Gasteiger partial charge is 0.444 e. The Labute approximate surface area is 209 Å².